The predicted molar refractivity (Wildman–Crippen MR) is 45.8 cm³/mol. The Morgan fingerprint density at radius 1 is 1.67 bits per heavy atom. The molecule has 12 heavy (non-hydrogen) atoms. The van der Waals surface area contributed by atoms with Crippen molar-refractivity contribution in [2.24, 2.45) is 5.10 Å². The van der Waals surface area contributed by atoms with Gasteiger partial charge in [0.25, 0.3) is 0 Å². The third-order valence-electron chi connectivity index (χ3n) is 1.36. The van der Waals surface area contributed by atoms with Crippen LogP contribution in [0, 0.1) is 6.92 Å². The van der Waals surface area contributed by atoms with E-state index in [0.717, 1.165) is 11.3 Å². The van der Waals surface area contributed by atoms with Crippen LogP contribution in [0.15, 0.2) is 23.4 Å². The summed E-state index contributed by atoms with van der Waals surface area (Å²) in [4.78, 5) is 13.9. The summed E-state index contributed by atoms with van der Waals surface area (Å²) in [5, 5.41) is 3.62. The topological polar surface area (TPSA) is 54.4 Å². The lowest BCUT2D eigenvalue weighted by Crippen LogP contribution is -2.02. The zero-order valence-corrected chi connectivity index (χ0v) is 6.69. The number of nitrogens with zero attached hydrogens (tertiary/aromatic N) is 2. The average molecular weight is 163 g/mol. The number of aromatic nitrogens is 1. The highest BCUT2D eigenvalue weighted by Crippen LogP contribution is 1.98. The molecular weight excluding hydrogens is 154 g/mol. The summed E-state index contributed by atoms with van der Waals surface area (Å²) >= 11 is 0. The zero-order chi connectivity index (χ0) is 8.81. The fourth-order valence-corrected chi connectivity index (χ4v) is 0.762. The molecule has 1 aromatic rings. The van der Waals surface area contributed by atoms with Gasteiger partial charge in [0.2, 0.25) is 6.41 Å². The fraction of sp³-hybridized carbons (Fsp3) is 0.125. The highest BCUT2D eigenvalue weighted by atomic mass is 16.1. The smallest absolute Gasteiger partial charge is 0.227 e. The summed E-state index contributed by atoms with van der Waals surface area (Å²) in [6.45, 7) is 1.93. The number of carbonyl (C=O) groups is 1. The summed E-state index contributed by atoms with van der Waals surface area (Å²) in [7, 11) is 0. The SMILES string of the molecule is Cc1cccnc1/C=N\NC=O. The molecule has 4 nitrogen and oxygen atoms in total. The van der Waals surface area contributed by atoms with Crippen LogP contribution in [-0.4, -0.2) is 17.6 Å². The number of aryl methyl sites for hydroxylation is 1. The van der Waals surface area contributed by atoms with Crippen LogP contribution in [0.3, 0.4) is 0 Å². The van der Waals surface area contributed by atoms with Gasteiger partial charge in [0.15, 0.2) is 0 Å². The predicted octanol–water partition coefficient (Wildman–Crippen LogP) is 0.470. The maximum Gasteiger partial charge on any atom is 0.227 e. The fourth-order valence-electron chi connectivity index (χ4n) is 0.762. The van der Waals surface area contributed by atoms with Crippen LogP contribution in [-0.2, 0) is 4.79 Å². The van der Waals surface area contributed by atoms with Gasteiger partial charge in [0, 0.05) is 6.20 Å². The van der Waals surface area contributed by atoms with Crippen molar-refractivity contribution in [3.8, 4) is 0 Å². The van der Waals surface area contributed by atoms with Crippen LogP contribution in [0.25, 0.3) is 0 Å². The van der Waals surface area contributed by atoms with Crippen molar-refractivity contribution in [1.29, 1.82) is 0 Å². The lowest BCUT2D eigenvalue weighted by atomic mass is 10.2. The van der Waals surface area contributed by atoms with Gasteiger partial charge in [-0.3, -0.25) is 9.78 Å². The molecule has 0 aliphatic carbocycles. The number of hydrogen-bond donors (Lipinski definition) is 1. The van der Waals surface area contributed by atoms with Gasteiger partial charge in [0.05, 0.1) is 11.9 Å². The van der Waals surface area contributed by atoms with Crippen molar-refractivity contribution in [2.45, 2.75) is 6.92 Å². The van der Waals surface area contributed by atoms with Gasteiger partial charge in [0.1, 0.15) is 0 Å². The number of pyridine rings is 1. The number of amides is 1. The van der Waals surface area contributed by atoms with Crippen molar-refractivity contribution in [2.75, 3.05) is 0 Å². The van der Waals surface area contributed by atoms with Crippen LogP contribution in [0.1, 0.15) is 11.3 Å². The minimum Gasteiger partial charge on any atom is -0.277 e. The molecule has 1 rings (SSSR count). The zero-order valence-electron chi connectivity index (χ0n) is 6.69. The Bertz CT molecular complexity index is 296. The molecule has 0 fully saturated rings. The number of rotatable bonds is 3. The maximum absolute atomic E-state index is 9.83. The van der Waals surface area contributed by atoms with Crippen LogP contribution in [0.5, 0.6) is 0 Å². The third-order valence-corrected chi connectivity index (χ3v) is 1.36. The average Bonchev–Trinajstić information content (AvgIpc) is 2.09. The second-order valence-corrected chi connectivity index (χ2v) is 2.21. The Labute approximate surface area is 70.3 Å². The minimum atomic E-state index is 0.509. The Morgan fingerprint density at radius 3 is 3.17 bits per heavy atom. The van der Waals surface area contributed by atoms with Crippen LogP contribution < -0.4 is 5.43 Å². The summed E-state index contributed by atoms with van der Waals surface area (Å²) in [5.41, 5.74) is 3.95. The van der Waals surface area contributed by atoms with E-state index in [-0.39, 0.29) is 0 Å². The molecule has 0 aliphatic heterocycles. The highest BCUT2D eigenvalue weighted by Gasteiger charge is 1.91. The van der Waals surface area contributed by atoms with Crippen LogP contribution in [0.4, 0.5) is 0 Å². The molecule has 0 radical (unpaired) electrons. The summed E-state index contributed by atoms with van der Waals surface area (Å²) in [6.07, 6.45) is 3.69. The molecule has 0 aliphatic rings. The molecule has 62 valence electrons. The first-order chi connectivity index (χ1) is 5.84. The molecule has 0 aromatic carbocycles. The summed E-state index contributed by atoms with van der Waals surface area (Å²) in [6, 6.07) is 3.77. The third kappa shape index (κ3) is 2.16. The Morgan fingerprint density at radius 2 is 2.50 bits per heavy atom. The molecule has 1 amide bonds. The van der Waals surface area contributed by atoms with E-state index in [2.05, 4.69) is 15.5 Å². The normalized spacial score (nSPS) is 10.1. The first kappa shape index (κ1) is 8.39. The van der Waals surface area contributed by atoms with Crippen molar-refractivity contribution in [3.63, 3.8) is 0 Å². The molecule has 0 saturated carbocycles. The number of hydrazone groups is 1. The standard InChI is InChI=1S/C8H9N3O/c1-7-3-2-4-9-8(7)5-10-11-6-12/h2-6H,1H3,(H,11,12)/b10-5-. The number of nitrogens with one attached hydrogen (secondary N) is 1. The quantitative estimate of drug-likeness (QED) is 0.400. The van der Waals surface area contributed by atoms with Crippen molar-refractivity contribution < 1.29 is 4.79 Å². The molecule has 1 N–H and O–H groups in total. The second-order valence-electron chi connectivity index (χ2n) is 2.21. The van der Waals surface area contributed by atoms with Gasteiger partial charge < -0.3 is 0 Å². The Kier molecular flexibility index (Phi) is 2.95. The minimum absolute atomic E-state index is 0.509. The van der Waals surface area contributed by atoms with Gasteiger partial charge >= 0.3 is 0 Å². The second kappa shape index (κ2) is 4.23. The molecule has 1 heterocycles. The van der Waals surface area contributed by atoms with E-state index in [1.807, 2.05) is 19.1 Å². The van der Waals surface area contributed by atoms with Gasteiger partial charge in [-0.25, -0.2) is 5.43 Å². The van der Waals surface area contributed by atoms with Crippen molar-refractivity contribution >= 4 is 12.6 Å². The molecule has 0 saturated heterocycles. The van der Waals surface area contributed by atoms with Gasteiger partial charge in [-0.15, -0.1) is 0 Å². The monoisotopic (exact) mass is 163 g/mol. The number of carbonyl (C=O) groups excluding carboxylic acids is 1. The summed E-state index contributed by atoms with van der Waals surface area (Å²) in [5.74, 6) is 0. The van der Waals surface area contributed by atoms with E-state index in [1.54, 1.807) is 6.20 Å². The molecule has 4 heteroatoms. The van der Waals surface area contributed by atoms with E-state index in [0.29, 0.717) is 6.41 Å². The first-order valence-corrected chi connectivity index (χ1v) is 3.48. The van der Waals surface area contributed by atoms with Gasteiger partial charge in [-0.2, -0.15) is 5.10 Å². The first-order valence-electron chi connectivity index (χ1n) is 3.48. The lowest BCUT2D eigenvalue weighted by Gasteiger charge is -1.95. The number of hydrogen-bond acceptors (Lipinski definition) is 3. The van der Waals surface area contributed by atoms with Gasteiger partial charge in [-0.05, 0) is 18.6 Å². The highest BCUT2D eigenvalue weighted by molar-refractivity contribution is 5.79. The van der Waals surface area contributed by atoms with E-state index >= 15 is 0 Å². The summed E-state index contributed by atoms with van der Waals surface area (Å²) < 4.78 is 0. The molecule has 0 spiro atoms. The largest absolute Gasteiger partial charge is 0.277 e. The van der Waals surface area contributed by atoms with Crippen LogP contribution >= 0.6 is 0 Å². The Balaban J connectivity index is 2.74. The van der Waals surface area contributed by atoms with E-state index in [1.165, 1.54) is 6.21 Å². The molecule has 0 bridgehead atoms. The van der Waals surface area contributed by atoms with E-state index in [4.69, 9.17) is 0 Å². The molecule has 0 unspecified atom stereocenters. The van der Waals surface area contributed by atoms with Gasteiger partial charge in [-0.1, -0.05) is 6.07 Å². The van der Waals surface area contributed by atoms with E-state index < -0.39 is 0 Å². The molecular formula is C8H9N3O. The maximum atomic E-state index is 9.83. The van der Waals surface area contributed by atoms with Crippen molar-refractivity contribution in [3.05, 3.63) is 29.6 Å². The molecule has 1 aromatic heterocycles. The van der Waals surface area contributed by atoms with Crippen LogP contribution in [0.2, 0.25) is 0 Å². The van der Waals surface area contributed by atoms with Crippen molar-refractivity contribution in [1.82, 2.24) is 10.4 Å². The Hall–Kier alpha value is -1.71. The lowest BCUT2D eigenvalue weighted by molar-refractivity contribution is -0.109. The van der Waals surface area contributed by atoms with E-state index in [9.17, 15) is 4.79 Å². The molecule has 0 atom stereocenters.